The van der Waals surface area contributed by atoms with E-state index in [4.69, 9.17) is 5.84 Å². The number of fused-ring (bicyclic) bond motifs is 1. The molecule has 0 aliphatic rings. The average Bonchev–Trinajstić information content (AvgIpc) is 2.95. The lowest BCUT2D eigenvalue weighted by Crippen LogP contribution is -2.35. The first-order chi connectivity index (χ1) is 10.6. The van der Waals surface area contributed by atoms with Crippen molar-refractivity contribution in [2.45, 2.75) is 13.3 Å². The molecule has 6 nitrogen and oxygen atoms in total. The molecule has 7 heteroatoms. The molecule has 3 aromatic rings. The van der Waals surface area contributed by atoms with Gasteiger partial charge in [0.25, 0.3) is 11.5 Å². The Balaban J connectivity index is 2.05. The van der Waals surface area contributed by atoms with Gasteiger partial charge in [0, 0.05) is 10.6 Å². The highest BCUT2D eigenvalue weighted by atomic mass is 32.1. The number of aryl methyl sites for hydroxylation is 1. The van der Waals surface area contributed by atoms with Crippen LogP contribution in [0.2, 0.25) is 0 Å². The Morgan fingerprint density at radius 2 is 2.09 bits per heavy atom. The van der Waals surface area contributed by atoms with Crippen LogP contribution in [0.5, 0.6) is 0 Å². The molecule has 112 valence electrons. The predicted octanol–water partition coefficient (Wildman–Crippen LogP) is 1.99. The smallest absolute Gasteiger partial charge is 0.293 e. The molecule has 0 radical (unpaired) electrons. The van der Waals surface area contributed by atoms with Gasteiger partial charge in [-0.1, -0.05) is 25.1 Å². The highest BCUT2D eigenvalue weighted by Crippen LogP contribution is 2.21. The first kappa shape index (κ1) is 14.3. The van der Waals surface area contributed by atoms with E-state index in [1.165, 1.54) is 11.3 Å². The second-order valence-corrected chi connectivity index (χ2v) is 5.83. The van der Waals surface area contributed by atoms with Gasteiger partial charge in [0.1, 0.15) is 4.83 Å². The molecule has 22 heavy (non-hydrogen) atoms. The highest BCUT2D eigenvalue weighted by Gasteiger charge is 2.17. The van der Waals surface area contributed by atoms with Crippen LogP contribution in [0, 0.1) is 0 Å². The lowest BCUT2D eigenvalue weighted by atomic mass is 10.3. The summed E-state index contributed by atoms with van der Waals surface area (Å²) in [6.07, 6.45) is 0.802. The molecule has 0 fully saturated rings. The van der Waals surface area contributed by atoms with Crippen LogP contribution < -0.4 is 16.7 Å². The number of anilines is 1. The van der Waals surface area contributed by atoms with Gasteiger partial charge in [0.15, 0.2) is 0 Å². The number of nitrogens with zero attached hydrogens (tertiary/aromatic N) is 2. The van der Waals surface area contributed by atoms with Gasteiger partial charge in [-0.05, 0) is 24.6 Å². The molecule has 2 aromatic heterocycles. The fourth-order valence-corrected chi connectivity index (χ4v) is 3.04. The summed E-state index contributed by atoms with van der Waals surface area (Å²) in [7, 11) is 0. The zero-order valence-electron chi connectivity index (χ0n) is 11.9. The standard InChI is InChI=1S/C15H14N4O2S/c1-2-10-8-11-14(22-10)18-12(19(16)15(11)21)13(20)17-9-6-4-3-5-7-9/h3-8H,2,16H2,1H3,(H,17,20). The summed E-state index contributed by atoms with van der Waals surface area (Å²) in [4.78, 5) is 30.4. The highest BCUT2D eigenvalue weighted by molar-refractivity contribution is 7.18. The Morgan fingerprint density at radius 3 is 2.77 bits per heavy atom. The van der Waals surface area contributed by atoms with Gasteiger partial charge < -0.3 is 11.2 Å². The van der Waals surface area contributed by atoms with Crippen LogP contribution in [-0.4, -0.2) is 15.6 Å². The van der Waals surface area contributed by atoms with Crippen molar-refractivity contribution in [2.24, 2.45) is 0 Å². The lowest BCUT2D eigenvalue weighted by Gasteiger charge is -2.07. The number of amides is 1. The van der Waals surface area contributed by atoms with Crippen molar-refractivity contribution < 1.29 is 4.79 Å². The molecule has 0 unspecified atom stereocenters. The third-order valence-electron chi connectivity index (χ3n) is 3.23. The normalized spacial score (nSPS) is 10.8. The van der Waals surface area contributed by atoms with Crippen LogP contribution in [0.3, 0.4) is 0 Å². The zero-order chi connectivity index (χ0) is 15.7. The molecule has 1 aromatic carbocycles. The number of nitrogens with one attached hydrogen (secondary N) is 1. The summed E-state index contributed by atoms with van der Waals surface area (Å²) >= 11 is 1.40. The van der Waals surface area contributed by atoms with Crippen molar-refractivity contribution in [3.05, 3.63) is 57.5 Å². The van der Waals surface area contributed by atoms with Gasteiger partial charge in [0.05, 0.1) is 5.39 Å². The molecule has 0 bridgehead atoms. The minimum absolute atomic E-state index is 0.106. The van der Waals surface area contributed by atoms with Crippen LogP contribution in [-0.2, 0) is 6.42 Å². The number of benzene rings is 1. The number of hydrogen-bond acceptors (Lipinski definition) is 5. The van der Waals surface area contributed by atoms with E-state index >= 15 is 0 Å². The van der Waals surface area contributed by atoms with Crippen LogP contribution in [0.25, 0.3) is 10.2 Å². The number of aromatic nitrogens is 2. The summed E-state index contributed by atoms with van der Waals surface area (Å²) in [6.45, 7) is 1.99. The number of carbonyl (C=O) groups is 1. The molecule has 0 aliphatic carbocycles. The summed E-state index contributed by atoms with van der Waals surface area (Å²) in [5, 5.41) is 3.12. The Labute approximate surface area is 130 Å². The number of carbonyl (C=O) groups excluding carboxylic acids is 1. The molecule has 0 aliphatic heterocycles. The van der Waals surface area contributed by atoms with Crippen molar-refractivity contribution in [1.82, 2.24) is 9.66 Å². The van der Waals surface area contributed by atoms with Gasteiger partial charge in [-0.2, -0.15) is 0 Å². The fraction of sp³-hybridized carbons (Fsp3) is 0.133. The van der Waals surface area contributed by atoms with Crippen LogP contribution in [0.4, 0.5) is 5.69 Å². The molecule has 0 atom stereocenters. The first-order valence-electron chi connectivity index (χ1n) is 6.77. The van der Waals surface area contributed by atoms with E-state index in [1.54, 1.807) is 30.3 Å². The monoisotopic (exact) mass is 314 g/mol. The summed E-state index contributed by atoms with van der Waals surface area (Å²) < 4.78 is 0.798. The minimum atomic E-state index is -0.515. The Kier molecular flexibility index (Phi) is 3.64. The number of thiophene rings is 1. The maximum Gasteiger partial charge on any atom is 0.293 e. The van der Waals surface area contributed by atoms with Crippen molar-refractivity contribution >= 4 is 33.1 Å². The van der Waals surface area contributed by atoms with Crippen molar-refractivity contribution in [3.8, 4) is 0 Å². The second kappa shape index (κ2) is 5.61. The first-order valence-corrected chi connectivity index (χ1v) is 7.58. The van der Waals surface area contributed by atoms with Gasteiger partial charge in [-0.25, -0.2) is 9.66 Å². The lowest BCUT2D eigenvalue weighted by molar-refractivity contribution is 0.101. The van der Waals surface area contributed by atoms with Crippen LogP contribution in [0.1, 0.15) is 22.4 Å². The average molecular weight is 314 g/mol. The number of nitrogen functional groups attached to an aromatic ring is 1. The van der Waals surface area contributed by atoms with Crippen LogP contribution >= 0.6 is 11.3 Å². The van der Waals surface area contributed by atoms with E-state index < -0.39 is 11.5 Å². The molecule has 2 heterocycles. The van der Waals surface area contributed by atoms with Gasteiger partial charge in [0.2, 0.25) is 5.82 Å². The zero-order valence-corrected chi connectivity index (χ0v) is 12.7. The number of hydrogen-bond donors (Lipinski definition) is 2. The van der Waals surface area contributed by atoms with E-state index in [1.807, 2.05) is 13.0 Å². The maximum atomic E-state index is 12.3. The maximum absolute atomic E-state index is 12.3. The molecular formula is C15H14N4O2S. The van der Waals surface area contributed by atoms with Gasteiger partial charge >= 0.3 is 0 Å². The fourth-order valence-electron chi connectivity index (χ4n) is 2.09. The van der Waals surface area contributed by atoms with Gasteiger partial charge in [-0.15, -0.1) is 11.3 Å². The summed E-state index contributed by atoms with van der Waals surface area (Å²) in [5.41, 5.74) is 0.196. The second-order valence-electron chi connectivity index (χ2n) is 4.72. The summed E-state index contributed by atoms with van der Waals surface area (Å²) in [5.74, 6) is 5.12. The largest absolute Gasteiger partial charge is 0.334 e. The number of nitrogens with two attached hydrogens (primary N) is 1. The minimum Gasteiger partial charge on any atom is -0.334 e. The third kappa shape index (κ3) is 2.46. The number of rotatable bonds is 3. The molecule has 1 amide bonds. The molecule has 0 saturated carbocycles. The molecule has 0 saturated heterocycles. The third-order valence-corrected chi connectivity index (χ3v) is 4.40. The van der Waals surface area contributed by atoms with Crippen molar-refractivity contribution in [1.29, 1.82) is 0 Å². The van der Waals surface area contributed by atoms with E-state index in [0.29, 0.717) is 15.9 Å². The molecule has 3 N–H and O–H groups in total. The molecule has 0 spiro atoms. The van der Waals surface area contributed by atoms with E-state index in [9.17, 15) is 9.59 Å². The van der Waals surface area contributed by atoms with Gasteiger partial charge in [-0.3, -0.25) is 9.59 Å². The molecule has 3 rings (SSSR count). The summed E-state index contributed by atoms with van der Waals surface area (Å²) in [6, 6.07) is 10.7. The Hall–Kier alpha value is -2.67. The van der Waals surface area contributed by atoms with E-state index in [2.05, 4.69) is 10.3 Å². The molecular weight excluding hydrogens is 300 g/mol. The van der Waals surface area contributed by atoms with E-state index in [0.717, 1.165) is 16.0 Å². The quantitative estimate of drug-likeness (QED) is 0.723. The van der Waals surface area contributed by atoms with E-state index in [-0.39, 0.29) is 5.82 Å². The van der Waals surface area contributed by atoms with Crippen molar-refractivity contribution in [2.75, 3.05) is 11.2 Å². The SMILES string of the molecule is CCc1cc2c(=O)n(N)c(C(=O)Nc3ccccc3)nc2s1. The Bertz CT molecular complexity index is 899. The number of para-hydroxylation sites is 1. The van der Waals surface area contributed by atoms with Crippen molar-refractivity contribution in [3.63, 3.8) is 0 Å². The Morgan fingerprint density at radius 1 is 1.36 bits per heavy atom. The topological polar surface area (TPSA) is 90.0 Å². The van der Waals surface area contributed by atoms with Crippen LogP contribution in [0.15, 0.2) is 41.2 Å². The predicted molar refractivity (Wildman–Crippen MR) is 87.8 cm³/mol.